The molecule has 1 N–H and O–H groups in total. The number of hydrogen-bond donors (Lipinski definition) is 1. The van der Waals surface area contributed by atoms with Gasteiger partial charge in [0.2, 0.25) is 0 Å². The maximum Gasteiger partial charge on any atom is 0.414 e. The minimum atomic E-state index is -0.301. The fraction of sp³-hybridized carbons (Fsp3) is 0.700. The quantitative estimate of drug-likeness (QED) is 0.681. The van der Waals surface area contributed by atoms with Crippen molar-refractivity contribution in [3.05, 3.63) is 12.3 Å². The van der Waals surface area contributed by atoms with E-state index in [1.165, 1.54) is 0 Å². The van der Waals surface area contributed by atoms with Crippen molar-refractivity contribution in [2.45, 2.75) is 25.8 Å². The molecule has 0 unspecified atom stereocenters. The Hall–Kier alpha value is -1.03. The van der Waals surface area contributed by atoms with Crippen molar-refractivity contribution in [2.75, 3.05) is 20.1 Å². The maximum atomic E-state index is 11.5. The summed E-state index contributed by atoms with van der Waals surface area (Å²) >= 11 is 0. The highest BCUT2D eigenvalue weighted by atomic mass is 16.6. The van der Waals surface area contributed by atoms with Crippen molar-refractivity contribution in [2.24, 2.45) is 0 Å². The summed E-state index contributed by atoms with van der Waals surface area (Å²) < 4.78 is 4.94. The largest absolute Gasteiger partial charge is 0.416 e. The number of carbonyl (C=O) groups is 1. The first kappa shape index (κ1) is 11.0. The summed E-state index contributed by atoms with van der Waals surface area (Å²) in [7, 11) is 1.78. The van der Waals surface area contributed by atoms with Crippen LogP contribution < -0.4 is 5.32 Å². The van der Waals surface area contributed by atoms with Crippen LogP contribution in [0.4, 0.5) is 4.79 Å². The maximum absolute atomic E-state index is 11.5. The average Bonchev–Trinajstić information content (AvgIpc) is 2.17. The Balaban J connectivity index is 2.41. The molecule has 0 aromatic carbocycles. The lowest BCUT2D eigenvalue weighted by atomic mass is 10.1. The molecule has 0 saturated carbocycles. The highest BCUT2D eigenvalue weighted by molar-refractivity contribution is 5.68. The first-order chi connectivity index (χ1) is 6.61. The molecular formula is C10H18N2O2. The molecule has 1 fully saturated rings. The zero-order valence-corrected chi connectivity index (χ0v) is 8.88. The zero-order chi connectivity index (χ0) is 10.6. The summed E-state index contributed by atoms with van der Waals surface area (Å²) in [6.45, 7) is 7.15. The Morgan fingerprint density at radius 2 is 2.07 bits per heavy atom. The third kappa shape index (κ3) is 3.03. The van der Waals surface area contributed by atoms with Crippen LogP contribution in [0.25, 0.3) is 0 Å². The Labute approximate surface area is 84.9 Å². The molecule has 1 heterocycles. The van der Waals surface area contributed by atoms with Crippen molar-refractivity contribution in [3.8, 4) is 0 Å². The van der Waals surface area contributed by atoms with Crippen LogP contribution in [0.3, 0.4) is 0 Å². The van der Waals surface area contributed by atoms with Crippen molar-refractivity contribution in [1.82, 2.24) is 10.2 Å². The van der Waals surface area contributed by atoms with Gasteiger partial charge in [-0.25, -0.2) is 4.79 Å². The monoisotopic (exact) mass is 198 g/mol. The summed E-state index contributed by atoms with van der Waals surface area (Å²) in [4.78, 5) is 13.1. The third-order valence-corrected chi connectivity index (χ3v) is 2.41. The number of carbonyl (C=O) groups excluding carboxylic acids is 1. The van der Waals surface area contributed by atoms with Crippen LogP contribution in [0.5, 0.6) is 0 Å². The number of piperidine rings is 1. The van der Waals surface area contributed by atoms with Gasteiger partial charge in [-0.2, -0.15) is 0 Å². The van der Waals surface area contributed by atoms with Gasteiger partial charge in [0.05, 0.1) is 5.76 Å². The van der Waals surface area contributed by atoms with E-state index in [1.54, 1.807) is 18.9 Å². The smallest absolute Gasteiger partial charge is 0.414 e. The van der Waals surface area contributed by atoms with Crippen LogP contribution in [-0.2, 0) is 4.74 Å². The standard InChI is InChI=1S/C10H18N2O2/c1-8(2)14-10(13)12(3)9-4-6-11-7-5-9/h9,11H,1,4-7H2,2-3H3. The molecule has 1 rings (SSSR count). The first-order valence-electron chi connectivity index (χ1n) is 4.92. The van der Waals surface area contributed by atoms with Crippen LogP contribution >= 0.6 is 0 Å². The van der Waals surface area contributed by atoms with Gasteiger partial charge in [0, 0.05) is 13.1 Å². The molecule has 14 heavy (non-hydrogen) atoms. The predicted molar refractivity (Wildman–Crippen MR) is 54.9 cm³/mol. The lowest BCUT2D eigenvalue weighted by molar-refractivity contribution is 0.114. The van der Waals surface area contributed by atoms with Crippen LogP contribution in [0, 0.1) is 0 Å². The molecule has 0 aromatic heterocycles. The van der Waals surface area contributed by atoms with Crippen molar-refractivity contribution in [3.63, 3.8) is 0 Å². The average molecular weight is 198 g/mol. The topological polar surface area (TPSA) is 41.6 Å². The Bertz CT molecular complexity index is 222. The fourth-order valence-electron chi connectivity index (χ4n) is 1.56. The second kappa shape index (κ2) is 5.00. The zero-order valence-electron chi connectivity index (χ0n) is 8.88. The van der Waals surface area contributed by atoms with Gasteiger partial charge in [-0.05, 0) is 32.9 Å². The van der Waals surface area contributed by atoms with Crippen LogP contribution in [0.1, 0.15) is 19.8 Å². The number of nitrogens with zero attached hydrogens (tertiary/aromatic N) is 1. The Kier molecular flexibility index (Phi) is 3.95. The molecule has 0 aromatic rings. The van der Waals surface area contributed by atoms with Crippen molar-refractivity contribution < 1.29 is 9.53 Å². The number of rotatable bonds is 2. The molecule has 0 radical (unpaired) electrons. The lowest BCUT2D eigenvalue weighted by Gasteiger charge is -2.30. The number of hydrogen-bond acceptors (Lipinski definition) is 3. The van der Waals surface area contributed by atoms with Crippen LogP contribution in [0.15, 0.2) is 12.3 Å². The van der Waals surface area contributed by atoms with Gasteiger partial charge < -0.3 is 15.0 Å². The highest BCUT2D eigenvalue weighted by Gasteiger charge is 2.22. The third-order valence-electron chi connectivity index (χ3n) is 2.41. The first-order valence-corrected chi connectivity index (χ1v) is 4.92. The molecule has 1 aliphatic heterocycles. The highest BCUT2D eigenvalue weighted by Crippen LogP contribution is 2.11. The fourth-order valence-corrected chi connectivity index (χ4v) is 1.56. The molecule has 0 aliphatic carbocycles. The summed E-state index contributed by atoms with van der Waals surface area (Å²) in [5.74, 6) is 0.441. The molecular weight excluding hydrogens is 180 g/mol. The summed E-state index contributed by atoms with van der Waals surface area (Å²) in [6, 6.07) is 0.295. The lowest BCUT2D eigenvalue weighted by Crippen LogP contribution is -2.44. The summed E-state index contributed by atoms with van der Waals surface area (Å²) in [6.07, 6.45) is 1.67. The second-order valence-electron chi connectivity index (χ2n) is 3.66. The number of allylic oxidation sites excluding steroid dienone is 1. The van der Waals surface area contributed by atoms with E-state index in [1.807, 2.05) is 0 Å². The van der Waals surface area contributed by atoms with Gasteiger partial charge >= 0.3 is 6.09 Å². The van der Waals surface area contributed by atoms with E-state index in [0.29, 0.717) is 11.8 Å². The Morgan fingerprint density at radius 1 is 1.50 bits per heavy atom. The van der Waals surface area contributed by atoms with Crippen molar-refractivity contribution in [1.29, 1.82) is 0 Å². The summed E-state index contributed by atoms with van der Waals surface area (Å²) in [5.41, 5.74) is 0. The van der Waals surface area contributed by atoms with Crippen LogP contribution in [0.2, 0.25) is 0 Å². The van der Waals surface area contributed by atoms with E-state index < -0.39 is 0 Å². The van der Waals surface area contributed by atoms with E-state index in [4.69, 9.17) is 4.74 Å². The predicted octanol–water partition coefficient (Wildman–Crippen LogP) is 1.34. The summed E-state index contributed by atoms with van der Waals surface area (Å²) in [5, 5.41) is 3.25. The molecule has 0 bridgehead atoms. The normalized spacial score (nSPS) is 17.6. The molecule has 80 valence electrons. The number of nitrogens with one attached hydrogen (secondary N) is 1. The molecule has 4 nitrogen and oxygen atoms in total. The molecule has 1 saturated heterocycles. The Morgan fingerprint density at radius 3 is 2.57 bits per heavy atom. The van der Waals surface area contributed by atoms with Gasteiger partial charge in [-0.3, -0.25) is 0 Å². The second-order valence-corrected chi connectivity index (χ2v) is 3.66. The van der Waals surface area contributed by atoms with Gasteiger partial charge in [0.15, 0.2) is 0 Å². The number of amides is 1. The minimum Gasteiger partial charge on any atom is -0.416 e. The van der Waals surface area contributed by atoms with E-state index in [2.05, 4.69) is 11.9 Å². The molecule has 1 aliphatic rings. The molecule has 4 heteroatoms. The van der Waals surface area contributed by atoms with E-state index in [-0.39, 0.29) is 6.09 Å². The van der Waals surface area contributed by atoms with Gasteiger partial charge in [0.25, 0.3) is 0 Å². The minimum absolute atomic E-state index is 0.295. The molecule has 0 atom stereocenters. The molecule has 1 amide bonds. The van der Waals surface area contributed by atoms with Crippen molar-refractivity contribution >= 4 is 6.09 Å². The SMILES string of the molecule is C=C(C)OC(=O)N(C)C1CCNCC1. The van der Waals surface area contributed by atoms with E-state index >= 15 is 0 Å². The number of ether oxygens (including phenoxy) is 1. The van der Waals surface area contributed by atoms with Gasteiger partial charge in [-0.1, -0.05) is 6.58 Å². The van der Waals surface area contributed by atoms with Crippen LogP contribution in [-0.4, -0.2) is 37.2 Å². The van der Waals surface area contributed by atoms with E-state index in [9.17, 15) is 4.79 Å². The molecule has 0 spiro atoms. The van der Waals surface area contributed by atoms with Gasteiger partial charge in [0.1, 0.15) is 0 Å². The van der Waals surface area contributed by atoms with Gasteiger partial charge in [-0.15, -0.1) is 0 Å². The van der Waals surface area contributed by atoms with E-state index in [0.717, 1.165) is 25.9 Å².